The monoisotopic (exact) mass is 514 g/mol. The molecule has 0 amide bonds. The van der Waals surface area contributed by atoms with Crippen LogP contribution in [0.25, 0.3) is 22.0 Å². The third kappa shape index (κ3) is 6.80. The number of benzene rings is 1. The molecule has 3 aromatic rings. The van der Waals surface area contributed by atoms with Crippen LogP contribution in [0.15, 0.2) is 36.8 Å². The molecule has 10 nitrogen and oxygen atoms in total. The van der Waals surface area contributed by atoms with Crippen molar-refractivity contribution in [3.8, 4) is 17.0 Å². The van der Waals surface area contributed by atoms with Crippen LogP contribution in [-0.4, -0.2) is 80.5 Å². The highest BCUT2D eigenvalue weighted by atomic mass is 32.2. The lowest BCUT2D eigenvalue weighted by Crippen LogP contribution is -2.37. The van der Waals surface area contributed by atoms with Crippen LogP contribution in [0.5, 0.6) is 5.88 Å². The van der Waals surface area contributed by atoms with Crippen molar-refractivity contribution in [1.29, 1.82) is 0 Å². The minimum atomic E-state index is -3.50. The quantitative estimate of drug-likeness (QED) is 0.351. The van der Waals surface area contributed by atoms with E-state index in [1.54, 1.807) is 18.6 Å². The number of nitrogens with one attached hydrogen (secondary N) is 2. The Morgan fingerprint density at radius 3 is 2.69 bits per heavy atom. The highest BCUT2D eigenvalue weighted by Gasteiger charge is 2.16. The second-order valence-corrected chi connectivity index (χ2v) is 10.6. The van der Waals surface area contributed by atoms with Crippen LogP contribution in [-0.2, 0) is 14.8 Å². The Labute approximate surface area is 212 Å². The summed E-state index contributed by atoms with van der Waals surface area (Å²) in [6.07, 6.45) is 5.60. The lowest BCUT2D eigenvalue weighted by atomic mass is 10.0. The van der Waals surface area contributed by atoms with Gasteiger partial charge in [-0.15, -0.1) is 0 Å². The predicted molar refractivity (Wildman–Crippen MR) is 142 cm³/mol. The summed E-state index contributed by atoms with van der Waals surface area (Å²) in [5, 5.41) is 4.34. The molecule has 0 bridgehead atoms. The number of anilines is 2. The Morgan fingerprint density at radius 1 is 1.08 bits per heavy atom. The molecular formula is C25H34N6O4S. The summed E-state index contributed by atoms with van der Waals surface area (Å²) in [5.74, 6) is 1.04. The molecule has 0 saturated carbocycles. The van der Waals surface area contributed by atoms with Crippen LogP contribution in [0.1, 0.15) is 26.2 Å². The van der Waals surface area contributed by atoms with Crippen molar-refractivity contribution in [2.24, 2.45) is 0 Å². The van der Waals surface area contributed by atoms with Crippen molar-refractivity contribution in [1.82, 2.24) is 19.9 Å². The molecule has 36 heavy (non-hydrogen) atoms. The van der Waals surface area contributed by atoms with E-state index in [4.69, 9.17) is 9.47 Å². The van der Waals surface area contributed by atoms with Crippen molar-refractivity contribution in [3.05, 3.63) is 36.8 Å². The van der Waals surface area contributed by atoms with Crippen molar-refractivity contribution < 1.29 is 17.9 Å². The minimum Gasteiger partial charge on any atom is -0.480 e. The number of nitrogens with zero attached hydrogens (tertiary/aromatic N) is 4. The SMILES string of the molecule is CCCCS(=O)(=O)Nc1cc(-c2ccc3ncnc(NCCCN4CCOCC4)c3c2)cnc1OC. The molecule has 0 radical (unpaired) electrons. The Morgan fingerprint density at radius 2 is 1.92 bits per heavy atom. The van der Waals surface area contributed by atoms with Gasteiger partial charge < -0.3 is 14.8 Å². The molecule has 1 fully saturated rings. The van der Waals surface area contributed by atoms with Crippen LogP contribution in [0.3, 0.4) is 0 Å². The summed E-state index contributed by atoms with van der Waals surface area (Å²) in [6, 6.07) is 7.62. The maximum Gasteiger partial charge on any atom is 0.238 e. The number of hydrogen-bond donors (Lipinski definition) is 2. The number of aromatic nitrogens is 3. The fourth-order valence-electron chi connectivity index (χ4n) is 4.11. The van der Waals surface area contributed by atoms with Gasteiger partial charge in [-0.05, 0) is 43.1 Å². The Balaban J connectivity index is 1.53. The summed E-state index contributed by atoms with van der Waals surface area (Å²) in [6.45, 7) is 7.32. The third-order valence-electron chi connectivity index (χ3n) is 6.09. The number of rotatable bonds is 12. The largest absolute Gasteiger partial charge is 0.480 e. The van der Waals surface area contributed by atoms with E-state index in [1.165, 1.54) is 7.11 Å². The van der Waals surface area contributed by atoms with E-state index in [1.807, 2.05) is 25.1 Å². The molecule has 0 aliphatic carbocycles. The van der Waals surface area contributed by atoms with Gasteiger partial charge in [0.15, 0.2) is 0 Å². The van der Waals surface area contributed by atoms with E-state index in [-0.39, 0.29) is 11.6 Å². The standard InChI is InChI=1S/C25H34N6O4S/c1-3-4-14-36(32,33)30-23-16-20(17-27-25(23)34-2)19-6-7-22-21(15-19)24(29-18-28-22)26-8-5-9-31-10-12-35-13-11-31/h6-7,15-18,30H,3-5,8-14H2,1-2H3,(H,26,28,29). The average molecular weight is 515 g/mol. The number of sulfonamides is 1. The van der Waals surface area contributed by atoms with Gasteiger partial charge in [0, 0.05) is 36.8 Å². The van der Waals surface area contributed by atoms with Crippen LogP contribution in [0, 0.1) is 0 Å². The molecule has 1 aliphatic rings. The van der Waals surface area contributed by atoms with Gasteiger partial charge >= 0.3 is 0 Å². The topological polar surface area (TPSA) is 119 Å². The molecule has 1 saturated heterocycles. The van der Waals surface area contributed by atoms with Crippen LogP contribution in [0.2, 0.25) is 0 Å². The number of unbranched alkanes of at least 4 members (excludes halogenated alkanes) is 1. The van der Waals surface area contributed by atoms with E-state index < -0.39 is 10.0 Å². The Hall–Kier alpha value is -3.02. The molecule has 0 unspecified atom stereocenters. The highest BCUT2D eigenvalue weighted by Crippen LogP contribution is 2.31. The van der Waals surface area contributed by atoms with Crippen molar-refractivity contribution in [2.45, 2.75) is 26.2 Å². The van der Waals surface area contributed by atoms with Gasteiger partial charge in [-0.2, -0.15) is 0 Å². The first-order chi connectivity index (χ1) is 17.5. The first-order valence-electron chi connectivity index (χ1n) is 12.3. The zero-order chi connectivity index (χ0) is 25.4. The van der Waals surface area contributed by atoms with E-state index in [2.05, 4.69) is 29.9 Å². The number of hydrogen-bond acceptors (Lipinski definition) is 9. The number of morpholine rings is 1. The molecule has 2 N–H and O–H groups in total. The predicted octanol–water partition coefficient (Wildman–Crippen LogP) is 3.38. The number of methoxy groups -OCH3 is 1. The van der Waals surface area contributed by atoms with E-state index in [0.717, 1.165) is 80.1 Å². The highest BCUT2D eigenvalue weighted by molar-refractivity contribution is 7.92. The molecular weight excluding hydrogens is 480 g/mol. The second kappa shape index (κ2) is 12.3. The van der Waals surface area contributed by atoms with Gasteiger partial charge in [0.25, 0.3) is 0 Å². The summed E-state index contributed by atoms with van der Waals surface area (Å²) < 4.78 is 38.3. The molecule has 1 aliphatic heterocycles. The average Bonchev–Trinajstić information content (AvgIpc) is 2.90. The van der Waals surface area contributed by atoms with E-state index in [0.29, 0.717) is 12.1 Å². The van der Waals surface area contributed by atoms with E-state index >= 15 is 0 Å². The summed E-state index contributed by atoms with van der Waals surface area (Å²) in [5.41, 5.74) is 2.77. The molecule has 1 aromatic carbocycles. The molecule has 0 spiro atoms. The smallest absolute Gasteiger partial charge is 0.238 e. The second-order valence-electron chi connectivity index (χ2n) is 8.74. The van der Waals surface area contributed by atoms with Crippen LogP contribution < -0.4 is 14.8 Å². The summed E-state index contributed by atoms with van der Waals surface area (Å²) in [7, 11) is -2.03. The molecule has 0 atom stereocenters. The van der Waals surface area contributed by atoms with Gasteiger partial charge in [-0.25, -0.2) is 23.4 Å². The fourth-order valence-corrected chi connectivity index (χ4v) is 5.36. The normalized spacial score (nSPS) is 14.6. The first kappa shape index (κ1) is 26.1. The zero-order valence-electron chi connectivity index (χ0n) is 20.9. The van der Waals surface area contributed by atoms with Gasteiger partial charge in [0.05, 0.1) is 31.6 Å². The molecule has 11 heteroatoms. The van der Waals surface area contributed by atoms with Gasteiger partial charge in [-0.3, -0.25) is 9.62 Å². The lowest BCUT2D eigenvalue weighted by molar-refractivity contribution is 0.0378. The van der Waals surface area contributed by atoms with Gasteiger partial charge in [-0.1, -0.05) is 19.4 Å². The first-order valence-corrected chi connectivity index (χ1v) is 14.0. The molecule has 2 aromatic heterocycles. The third-order valence-corrected chi connectivity index (χ3v) is 7.45. The minimum absolute atomic E-state index is 0.0464. The van der Waals surface area contributed by atoms with Crippen molar-refractivity contribution >= 4 is 32.4 Å². The molecule has 194 valence electrons. The maximum atomic E-state index is 12.5. The summed E-state index contributed by atoms with van der Waals surface area (Å²) in [4.78, 5) is 15.6. The number of fused-ring (bicyclic) bond motifs is 1. The van der Waals surface area contributed by atoms with Crippen molar-refractivity contribution in [2.75, 3.05) is 62.3 Å². The molecule has 4 rings (SSSR count). The van der Waals surface area contributed by atoms with Gasteiger partial charge in [0.1, 0.15) is 17.8 Å². The zero-order valence-corrected chi connectivity index (χ0v) is 21.7. The molecule has 3 heterocycles. The number of pyridine rings is 1. The van der Waals surface area contributed by atoms with Crippen LogP contribution >= 0.6 is 0 Å². The van der Waals surface area contributed by atoms with Crippen LogP contribution in [0.4, 0.5) is 11.5 Å². The van der Waals surface area contributed by atoms with Gasteiger partial charge in [0.2, 0.25) is 15.9 Å². The lowest BCUT2D eigenvalue weighted by Gasteiger charge is -2.26. The number of ether oxygens (including phenoxy) is 2. The fraction of sp³-hybridized carbons (Fsp3) is 0.480. The Bertz CT molecular complexity index is 1260. The summed E-state index contributed by atoms with van der Waals surface area (Å²) >= 11 is 0. The van der Waals surface area contributed by atoms with E-state index in [9.17, 15) is 8.42 Å². The van der Waals surface area contributed by atoms with Crippen molar-refractivity contribution in [3.63, 3.8) is 0 Å². The maximum absolute atomic E-state index is 12.5. The Kier molecular flexibility index (Phi) is 8.89.